The number of carbonyl (C=O) groups excluding carboxylic acids is 1. The van der Waals surface area contributed by atoms with Crippen molar-refractivity contribution < 1.29 is 9.53 Å². The van der Waals surface area contributed by atoms with E-state index >= 15 is 0 Å². The summed E-state index contributed by atoms with van der Waals surface area (Å²) in [5.41, 5.74) is 1.58. The lowest BCUT2D eigenvalue weighted by molar-refractivity contribution is -0.119. The summed E-state index contributed by atoms with van der Waals surface area (Å²) < 4.78 is 5.86. The predicted molar refractivity (Wildman–Crippen MR) is 92.9 cm³/mol. The highest BCUT2D eigenvalue weighted by Crippen LogP contribution is 2.26. The molecule has 1 N–H and O–H groups in total. The third-order valence-corrected chi connectivity index (χ3v) is 3.74. The number of nitrogens with zero attached hydrogens (tertiary/aromatic N) is 1. The van der Waals surface area contributed by atoms with Crippen LogP contribution < -0.4 is 10.1 Å². The van der Waals surface area contributed by atoms with Gasteiger partial charge in [0.15, 0.2) is 0 Å². The molecule has 3 rings (SSSR count). The number of rotatable bonds is 4. The largest absolute Gasteiger partial charge is 0.457 e. The van der Waals surface area contributed by atoms with Gasteiger partial charge in [0.05, 0.1) is 18.1 Å². The van der Waals surface area contributed by atoms with Crippen molar-refractivity contribution >= 4 is 16.7 Å². The molecule has 0 saturated heterocycles. The van der Waals surface area contributed by atoms with Crippen LogP contribution >= 0.6 is 0 Å². The van der Waals surface area contributed by atoms with Gasteiger partial charge >= 0.3 is 0 Å². The highest BCUT2D eigenvalue weighted by molar-refractivity contribution is 5.85. The topological polar surface area (TPSA) is 62.1 Å². The molecule has 0 aliphatic heterocycles. The van der Waals surface area contributed by atoms with Crippen LogP contribution in [0.2, 0.25) is 0 Å². The Morgan fingerprint density at radius 2 is 1.67 bits per heavy atom. The summed E-state index contributed by atoms with van der Waals surface area (Å²) in [6.45, 7) is 0. The van der Waals surface area contributed by atoms with Crippen LogP contribution in [0, 0.1) is 11.3 Å². The number of benzene rings is 3. The summed E-state index contributed by atoms with van der Waals surface area (Å²) in [5.74, 6) is 1.42. The fourth-order valence-corrected chi connectivity index (χ4v) is 2.44. The summed E-state index contributed by atoms with van der Waals surface area (Å²) in [6.07, 6.45) is 0.355. The van der Waals surface area contributed by atoms with E-state index in [4.69, 9.17) is 10.00 Å². The summed E-state index contributed by atoms with van der Waals surface area (Å²) in [6, 6.07) is 20.9. The molecule has 3 aromatic carbocycles. The average Bonchev–Trinajstić information content (AvgIpc) is 2.62. The van der Waals surface area contributed by atoms with Crippen molar-refractivity contribution in [2.45, 2.75) is 6.42 Å². The highest BCUT2D eigenvalue weighted by Gasteiger charge is 2.03. The summed E-state index contributed by atoms with van der Waals surface area (Å²) in [4.78, 5) is 11.4. The Morgan fingerprint density at radius 1 is 1.00 bits per heavy atom. The van der Waals surface area contributed by atoms with Crippen LogP contribution in [0.5, 0.6) is 11.5 Å². The summed E-state index contributed by atoms with van der Waals surface area (Å²) in [5, 5.41) is 13.6. The van der Waals surface area contributed by atoms with Crippen LogP contribution in [0.25, 0.3) is 10.8 Å². The average molecular weight is 316 g/mol. The molecular weight excluding hydrogens is 300 g/mol. The van der Waals surface area contributed by atoms with Crippen LogP contribution in [-0.2, 0) is 11.2 Å². The molecule has 0 aliphatic rings. The van der Waals surface area contributed by atoms with Gasteiger partial charge in [-0.2, -0.15) is 5.26 Å². The van der Waals surface area contributed by atoms with Crippen LogP contribution in [-0.4, -0.2) is 13.0 Å². The molecule has 0 aromatic heterocycles. The first-order chi connectivity index (χ1) is 11.7. The number of nitrogens with one attached hydrogen (secondary N) is 1. The van der Waals surface area contributed by atoms with Crippen LogP contribution in [0.3, 0.4) is 0 Å². The fourth-order valence-electron chi connectivity index (χ4n) is 2.44. The number of hydrogen-bond donors (Lipinski definition) is 1. The molecule has 0 radical (unpaired) electrons. The number of ether oxygens (including phenoxy) is 1. The van der Waals surface area contributed by atoms with Gasteiger partial charge in [-0.3, -0.25) is 4.79 Å². The molecular formula is C20H16N2O2. The number of carbonyl (C=O) groups is 1. The van der Waals surface area contributed by atoms with Gasteiger partial charge < -0.3 is 10.1 Å². The number of amides is 1. The molecule has 0 fully saturated rings. The second-order valence-corrected chi connectivity index (χ2v) is 5.43. The van der Waals surface area contributed by atoms with E-state index in [1.54, 1.807) is 13.1 Å². The SMILES string of the molecule is CNC(=O)Cc1ccc(Oc2ccc3cc(C#N)ccc3c2)cc1. The normalized spacial score (nSPS) is 10.2. The molecule has 1 amide bonds. The number of likely N-dealkylation sites (N-methyl/N-ethyl adjacent to an activating group) is 1. The van der Waals surface area contributed by atoms with Crippen molar-refractivity contribution in [1.82, 2.24) is 5.32 Å². The minimum absolute atomic E-state index is 0.0186. The maximum Gasteiger partial charge on any atom is 0.224 e. The molecule has 4 nitrogen and oxygen atoms in total. The highest BCUT2D eigenvalue weighted by atomic mass is 16.5. The zero-order valence-corrected chi connectivity index (χ0v) is 13.2. The van der Waals surface area contributed by atoms with Crippen molar-refractivity contribution in [2.75, 3.05) is 7.05 Å². The molecule has 0 atom stereocenters. The molecule has 0 spiro atoms. The molecule has 0 aliphatic carbocycles. The molecule has 4 heteroatoms. The van der Waals surface area contributed by atoms with E-state index in [1.165, 1.54) is 0 Å². The van der Waals surface area contributed by atoms with E-state index in [9.17, 15) is 4.79 Å². The first-order valence-corrected chi connectivity index (χ1v) is 7.59. The van der Waals surface area contributed by atoms with Gasteiger partial charge in [-0.15, -0.1) is 0 Å². The third kappa shape index (κ3) is 3.53. The second-order valence-electron chi connectivity index (χ2n) is 5.43. The van der Waals surface area contributed by atoms with Crippen molar-refractivity contribution in [3.05, 3.63) is 71.8 Å². The Bertz CT molecular complexity index is 925. The molecule has 0 saturated carbocycles. The lowest BCUT2D eigenvalue weighted by Crippen LogP contribution is -2.19. The van der Waals surface area contributed by atoms with Gasteiger partial charge in [0.25, 0.3) is 0 Å². The van der Waals surface area contributed by atoms with Crippen molar-refractivity contribution in [1.29, 1.82) is 5.26 Å². The monoisotopic (exact) mass is 316 g/mol. The van der Waals surface area contributed by atoms with E-state index in [0.29, 0.717) is 17.7 Å². The lowest BCUT2D eigenvalue weighted by Gasteiger charge is -2.08. The molecule has 0 unspecified atom stereocenters. The van der Waals surface area contributed by atoms with E-state index in [1.807, 2.05) is 54.6 Å². The maximum absolute atomic E-state index is 11.4. The number of hydrogen-bond acceptors (Lipinski definition) is 3. The first kappa shape index (κ1) is 15.6. The van der Waals surface area contributed by atoms with Crippen molar-refractivity contribution in [3.63, 3.8) is 0 Å². The molecule has 0 heterocycles. The molecule has 118 valence electrons. The Labute approximate surface area is 140 Å². The second kappa shape index (κ2) is 6.84. The van der Waals surface area contributed by atoms with Crippen molar-refractivity contribution in [2.24, 2.45) is 0 Å². The van der Waals surface area contributed by atoms with E-state index < -0.39 is 0 Å². The van der Waals surface area contributed by atoms with Gasteiger partial charge in [-0.05, 0) is 52.7 Å². The zero-order chi connectivity index (χ0) is 16.9. The van der Waals surface area contributed by atoms with Crippen LogP contribution in [0.15, 0.2) is 60.7 Å². The lowest BCUT2D eigenvalue weighted by atomic mass is 10.1. The number of nitriles is 1. The maximum atomic E-state index is 11.4. The van der Waals surface area contributed by atoms with E-state index in [-0.39, 0.29) is 5.91 Å². The quantitative estimate of drug-likeness (QED) is 0.796. The third-order valence-electron chi connectivity index (χ3n) is 3.74. The fraction of sp³-hybridized carbons (Fsp3) is 0.100. The summed E-state index contributed by atoms with van der Waals surface area (Å²) >= 11 is 0. The van der Waals surface area contributed by atoms with Crippen LogP contribution in [0.1, 0.15) is 11.1 Å². The Morgan fingerprint density at radius 3 is 2.38 bits per heavy atom. The minimum Gasteiger partial charge on any atom is -0.457 e. The molecule has 24 heavy (non-hydrogen) atoms. The Kier molecular flexibility index (Phi) is 4.44. The van der Waals surface area contributed by atoms with Crippen LogP contribution in [0.4, 0.5) is 0 Å². The van der Waals surface area contributed by atoms with Gasteiger partial charge in [0, 0.05) is 7.05 Å². The van der Waals surface area contributed by atoms with Crippen molar-refractivity contribution in [3.8, 4) is 17.6 Å². The zero-order valence-electron chi connectivity index (χ0n) is 13.2. The Hall–Kier alpha value is -3.32. The Balaban J connectivity index is 1.77. The predicted octanol–water partition coefficient (Wildman–Crippen LogP) is 3.79. The first-order valence-electron chi connectivity index (χ1n) is 7.59. The number of fused-ring (bicyclic) bond motifs is 1. The molecule has 0 bridgehead atoms. The van der Waals surface area contributed by atoms with Gasteiger partial charge in [-0.25, -0.2) is 0 Å². The summed E-state index contributed by atoms with van der Waals surface area (Å²) in [7, 11) is 1.62. The smallest absolute Gasteiger partial charge is 0.224 e. The molecule has 3 aromatic rings. The van der Waals surface area contributed by atoms with E-state index in [0.717, 1.165) is 22.1 Å². The minimum atomic E-state index is -0.0186. The van der Waals surface area contributed by atoms with Gasteiger partial charge in [-0.1, -0.05) is 24.3 Å². The standard InChI is InChI=1S/C20H16N2O2/c1-22-20(23)11-14-3-7-18(8-4-14)24-19-9-6-16-10-15(13-21)2-5-17(16)12-19/h2-10,12H,11H2,1H3,(H,22,23). The van der Waals surface area contributed by atoms with Gasteiger partial charge in [0.2, 0.25) is 5.91 Å². The van der Waals surface area contributed by atoms with E-state index in [2.05, 4.69) is 11.4 Å². The van der Waals surface area contributed by atoms with Gasteiger partial charge in [0.1, 0.15) is 11.5 Å².